The number of fused-ring (bicyclic) bond motifs is 1. The molecule has 0 fully saturated rings. The van der Waals surface area contributed by atoms with Gasteiger partial charge in [-0.1, -0.05) is 12.1 Å². The minimum Gasteiger partial charge on any atom is -0.457 e. The molecule has 0 spiro atoms. The lowest BCUT2D eigenvalue weighted by molar-refractivity contribution is 0.0437. The first-order valence-electron chi connectivity index (χ1n) is 6.80. The molecule has 3 rings (SSSR count). The average Bonchev–Trinajstić information content (AvgIpc) is 3.03. The maximum Gasteiger partial charge on any atom is 0.374 e. The van der Waals surface area contributed by atoms with E-state index < -0.39 is 11.6 Å². The fourth-order valence-electron chi connectivity index (χ4n) is 2.25. The maximum atomic E-state index is 11.8. The number of rotatable bonds is 3. The molecule has 0 saturated heterocycles. The quantitative estimate of drug-likeness (QED) is 0.548. The number of benzene rings is 1. The lowest BCUT2D eigenvalue weighted by Crippen LogP contribution is -2.07. The second-order valence-electron chi connectivity index (χ2n) is 5.03. The number of aryl methyl sites for hydroxylation is 2. The van der Waals surface area contributed by atoms with Crippen LogP contribution in [-0.4, -0.2) is 5.97 Å². The van der Waals surface area contributed by atoms with Crippen LogP contribution in [0.2, 0.25) is 0 Å². The molecule has 0 aliphatic carbocycles. The summed E-state index contributed by atoms with van der Waals surface area (Å²) in [5.74, 6) is -0.450. The van der Waals surface area contributed by atoms with Crippen LogP contribution >= 0.6 is 0 Å². The summed E-state index contributed by atoms with van der Waals surface area (Å²) < 4.78 is 15.4. The number of carbonyl (C=O) groups is 1. The van der Waals surface area contributed by atoms with Gasteiger partial charge in [-0.25, -0.2) is 9.59 Å². The standard InChI is InChI=1S/C17H14O5/c1-10-5-6-13-12(8-15(18)22-16(13)11(10)2)9-21-17(19)14-4-3-7-20-14/h3-8H,9H2,1-2H3. The summed E-state index contributed by atoms with van der Waals surface area (Å²) in [6, 6.07) is 8.27. The monoisotopic (exact) mass is 298 g/mol. The Morgan fingerprint density at radius 3 is 2.77 bits per heavy atom. The Kier molecular flexibility index (Phi) is 3.55. The molecule has 0 bridgehead atoms. The van der Waals surface area contributed by atoms with Crippen molar-refractivity contribution in [2.75, 3.05) is 0 Å². The van der Waals surface area contributed by atoms with E-state index in [0.29, 0.717) is 11.1 Å². The van der Waals surface area contributed by atoms with Crippen LogP contribution in [0.5, 0.6) is 0 Å². The number of hydrogen-bond acceptors (Lipinski definition) is 5. The third kappa shape index (κ3) is 2.53. The molecule has 0 radical (unpaired) electrons. The topological polar surface area (TPSA) is 69.7 Å². The summed E-state index contributed by atoms with van der Waals surface area (Å²) in [7, 11) is 0. The summed E-state index contributed by atoms with van der Waals surface area (Å²) in [6.45, 7) is 3.81. The predicted molar refractivity (Wildman–Crippen MR) is 79.8 cm³/mol. The molecular formula is C17H14O5. The molecule has 22 heavy (non-hydrogen) atoms. The summed E-state index contributed by atoms with van der Waals surface area (Å²) in [4.78, 5) is 23.5. The van der Waals surface area contributed by atoms with Gasteiger partial charge in [-0.3, -0.25) is 0 Å². The third-order valence-electron chi connectivity index (χ3n) is 3.60. The Morgan fingerprint density at radius 1 is 1.23 bits per heavy atom. The first kappa shape index (κ1) is 14.1. The lowest BCUT2D eigenvalue weighted by Gasteiger charge is -2.09. The van der Waals surface area contributed by atoms with Crippen molar-refractivity contribution in [2.24, 2.45) is 0 Å². The van der Waals surface area contributed by atoms with E-state index in [0.717, 1.165) is 16.5 Å². The van der Waals surface area contributed by atoms with Crippen LogP contribution in [0.1, 0.15) is 27.2 Å². The molecule has 0 atom stereocenters. The van der Waals surface area contributed by atoms with Crippen LogP contribution in [-0.2, 0) is 11.3 Å². The van der Waals surface area contributed by atoms with E-state index in [2.05, 4.69) is 0 Å². The van der Waals surface area contributed by atoms with E-state index in [4.69, 9.17) is 13.6 Å². The molecule has 0 N–H and O–H groups in total. The van der Waals surface area contributed by atoms with Crippen molar-refractivity contribution in [3.8, 4) is 0 Å². The van der Waals surface area contributed by atoms with Crippen molar-refractivity contribution < 1.29 is 18.4 Å². The molecular weight excluding hydrogens is 284 g/mol. The number of carbonyl (C=O) groups excluding carboxylic acids is 1. The maximum absolute atomic E-state index is 11.8. The van der Waals surface area contributed by atoms with Gasteiger partial charge >= 0.3 is 11.6 Å². The molecule has 0 amide bonds. The second kappa shape index (κ2) is 5.52. The number of hydrogen-bond donors (Lipinski definition) is 0. The second-order valence-corrected chi connectivity index (χ2v) is 5.03. The number of furan rings is 1. The van der Waals surface area contributed by atoms with Gasteiger partial charge < -0.3 is 13.6 Å². The SMILES string of the molecule is Cc1ccc2c(COC(=O)c3ccco3)cc(=O)oc2c1C. The van der Waals surface area contributed by atoms with E-state index in [-0.39, 0.29) is 12.4 Å². The van der Waals surface area contributed by atoms with Gasteiger partial charge in [0, 0.05) is 17.0 Å². The normalized spacial score (nSPS) is 10.8. The number of ether oxygens (including phenoxy) is 1. The first-order chi connectivity index (χ1) is 10.6. The van der Waals surface area contributed by atoms with Gasteiger partial charge in [0.15, 0.2) is 0 Å². The largest absolute Gasteiger partial charge is 0.457 e. The minimum atomic E-state index is -0.574. The van der Waals surface area contributed by atoms with Gasteiger partial charge in [0.1, 0.15) is 12.2 Å². The fourth-order valence-corrected chi connectivity index (χ4v) is 2.25. The van der Waals surface area contributed by atoms with Gasteiger partial charge in [-0.15, -0.1) is 0 Å². The zero-order valence-corrected chi connectivity index (χ0v) is 12.2. The Balaban J connectivity index is 1.95. The van der Waals surface area contributed by atoms with Crippen molar-refractivity contribution in [3.05, 3.63) is 69.5 Å². The smallest absolute Gasteiger partial charge is 0.374 e. The van der Waals surface area contributed by atoms with E-state index in [1.165, 1.54) is 18.4 Å². The highest BCUT2D eigenvalue weighted by Crippen LogP contribution is 2.23. The highest BCUT2D eigenvalue weighted by atomic mass is 16.5. The Hall–Kier alpha value is -2.82. The van der Waals surface area contributed by atoms with E-state index in [1.54, 1.807) is 6.07 Å². The molecule has 1 aromatic carbocycles. The van der Waals surface area contributed by atoms with Gasteiger partial charge in [0.25, 0.3) is 0 Å². The highest BCUT2D eigenvalue weighted by Gasteiger charge is 2.13. The first-order valence-corrected chi connectivity index (χ1v) is 6.80. The zero-order chi connectivity index (χ0) is 15.7. The molecule has 0 aliphatic rings. The van der Waals surface area contributed by atoms with Crippen molar-refractivity contribution in [3.63, 3.8) is 0 Å². The van der Waals surface area contributed by atoms with E-state index in [9.17, 15) is 9.59 Å². The summed E-state index contributed by atoms with van der Waals surface area (Å²) >= 11 is 0. The molecule has 0 aliphatic heterocycles. The Morgan fingerprint density at radius 2 is 2.05 bits per heavy atom. The summed E-state index contributed by atoms with van der Waals surface area (Å²) in [5, 5.41) is 0.759. The van der Waals surface area contributed by atoms with Crippen LogP contribution in [0, 0.1) is 13.8 Å². The molecule has 3 aromatic rings. The fraction of sp³-hybridized carbons (Fsp3) is 0.176. The Bertz CT molecular complexity index is 887. The lowest BCUT2D eigenvalue weighted by atomic mass is 10.0. The van der Waals surface area contributed by atoms with Crippen LogP contribution in [0.4, 0.5) is 0 Å². The zero-order valence-electron chi connectivity index (χ0n) is 12.2. The van der Waals surface area contributed by atoms with Crippen LogP contribution in [0.3, 0.4) is 0 Å². The van der Waals surface area contributed by atoms with E-state index in [1.807, 2.05) is 26.0 Å². The minimum absolute atomic E-state index is 0.0237. The van der Waals surface area contributed by atoms with E-state index >= 15 is 0 Å². The van der Waals surface area contributed by atoms with Gasteiger partial charge in [-0.2, -0.15) is 0 Å². The average molecular weight is 298 g/mol. The van der Waals surface area contributed by atoms with Gasteiger partial charge in [-0.05, 0) is 37.1 Å². The molecule has 2 heterocycles. The predicted octanol–water partition coefficient (Wildman–Crippen LogP) is 3.36. The van der Waals surface area contributed by atoms with Crippen molar-refractivity contribution in [2.45, 2.75) is 20.5 Å². The summed E-state index contributed by atoms with van der Waals surface area (Å²) in [6.07, 6.45) is 1.40. The molecule has 5 heteroatoms. The van der Waals surface area contributed by atoms with Gasteiger partial charge in [0.05, 0.1) is 6.26 Å². The van der Waals surface area contributed by atoms with Gasteiger partial charge in [0.2, 0.25) is 5.76 Å². The van der Waals surface area contributed by atoms with Crippen LogP contribution in [0.15, 0.2) is 50.2 Å². The molecule has 112 valence electrons. The third-order valence-corrected chi connectivity index (χ3v) is 3.60. The molecule has 2 aromatic heterocycles. The number of esters is 1. The van der Waals surface area contributed by atoms with Crippen molar-refractivity contribution >= 4 is 16.9 Å². The van der Waals surface area contributed by atoms with Crippen LogP contribution in [0.25, 0.3) is 11.0 Å². The molecule has 5 nitrogen and oxygen atoms in total. The summed E-state index contributed by atoms with van der Waals surface area (Å²) in [5.41, 5.74) is 2.59. The molecule has 0 saturated carbocycles. The Labute approximate surface area is 126 Å². The molecule has 0 unspecified atom stereocenters. The van der Waals surface area contributed by atoms with Crippen molar-refractivity contribution in [1.29, 1.82) is 0 Å². The highest BCUT2D eigenvalue weighted by molar-refractivity contribution is 5.87. The van der Waals surface area contributed by atoms with Crippen molar-refractivity contribution in [1.82, 2.24) is 0 Å². The van der Waals surface area contributed by atoms with Crippen LogP contribution < -0.4 is 5.63 Å².